The van der Waals surface area contributed by atoms with Gasteiger partial charge < -0.3 is 14.6 Å². The summed E-state index contributed by atoms with van der Waals surface area (Å²) in [5.74, 6) is 0.446. The maximum atomic E-state index is 12.2. The quantitative estimate of drug-likeness (QED) is 0.280. The molecule has 0 spiro atoms. The molecule has 4 aromatic rings. The highest BCUT2D eigenvalue weighted by molar-refractivity contribution is 6.13. The lowest BCUT2D eigenvalue weighted by molar-refractivity contribution is -0.502. The van der Waals surface area contributed by atoms with Gasteiger partial charge in [-0.15, -0.1) is 0 Å². The van der Waals surface area contributed by atoms with Crippen LogP contribution in [0.15, 0.2) is 77.8 Å². The number of nitrogens with zero attached hydrogens (tertiary/aromatic N) is 2. The molecule has 5 atom stereocenters. The summed E-state index contributed by atoms with van der Waals surface area (Å²) in [6.45, 7) is 8.60. The smallest absolute Gasteiger partial charge is 0.300 e. The molecule has 1 saturated carbocycles. The van der Waals surface area contributed by atoms with Crippen molar-refractivity contribution in [2.45, 2.75) is 56.6 Å². The normalized spacial score (nSPS) is 32.3. The molecule has 1 fully saturated rings. The van der Waals surface area contributed by atoms with E-state index >= 15 is 0 Å². The second-order valence-electron chi connectivity index (χ2n) is 11.8. The molecule has 4 aromatic carbocycles. The van der Waals surface area contributed by atoms with E-state index in [1.807, 2.05) is 0 Å². The zero-order valence-electron chi connectivity index (χ0n) is 22.3. The topological polar surface area (TPSA) is 54.1 Å². The third-order valence-corrected chi connectivity index (χ3v) is 10.0. The molecule has 5 unspecified atom stereocenters. The number of fused-ring (bicyclic) bond motifs is 12. The monoisotopic (exact) mass is 503 g/mol. The van der Waals surface area contributed by atoms with Crippen molar-refractivity contribution in [3.8, 4) is 5.75 Å². The Balaban J connectivity index is 1.54. The molecule has 0 radical (unpaired) electrons. The van der Waals surface area contributed by atoms with Gasteiger partial charge in [0.2, 0.25) is 5.79 Å². The van der Waals surface area contributed by atoms with Crippen LogP contribution in [-0.2, 0) is 10.2 Å². The Morgan fingerprint density at radius 3 is 2.34 bits per heavy atom. The van der Waals surface area contributed by atoms with Crippen molar-refractivity contribution in [2.24, 2.45) is 10.9 Å². The van der Waals surface area contributed by atoms with Gasteiger partial charge in [-0.05, 0) is 64.1 Å². The van der Waals surface area contributed by atoms with Crippen molar-refractivity contribution in [1.29, 1.82) is 0 Å². The number of benzene rings is 4. The molecule has 190 valence electrons. The van der Waals surface area contributed by atoms with Gasteiger partial charge in [0.25, 0.3) is 6.23 Å². The fourth-order valence-electron chi connectivity index (χ4n) is 7.94. The Morgan fingerprint density at radius 2 is 1.63 bits per heavy atom. The lowest BCUT2D eigenvalue weighted by atomic mass is 9.76. The molecule has 3 heterocycles. The van der Waals surface area contributed by atoms with Crippen molar-refractivity contribution in [3.63, 3.8) is 0 Å². The van der Waals surface area contributed by atoms with Gasteiger partial charge in [-0.25, -0.2) is 4.58 Å². The second kappa shape index (κ2) is 6.90. The number of hydrogen-bond acceptors (Lipinski definition) is 4. The molecule has 0 amide bonds. The highest BCUT2D eigenvalue weighted by atomic mass is 16.6. The number of ether oxygens (including phenoxy) is 2. The predicted molar refractivity (Wildman–Crippen MR) is 149 cm³/mol. The van der Waals surface area contributed by atoms with Crippen molar-refractivity contribution >= 4 is 33.1 Å². The van der Waals surface area contributed by atoms with Crippen LogP contribution in [0.25, 0.3) is 21.5 Å². The SMILES string of the molecule is COC1(O)C2(C)c3cc4ccccc4cc3C3=[N+](C(C(C)C)=NC4Oc5ccc6ccccc6c5C34)C12C. The molecule has 38 heavy (non-hydrogen) atoms. The van der Waals surface area contributed by atoms with E-state index in [-0.39, 0.29) is 18.1 Å². The molecule has 3 aliphatic heterocycles. The Morgan fingerprint density at radius 1 is 0.947 bits per heavy atom. The first kappa shape index (κ1) is 22.4. The molecule has 4 aliphatic rings. The van der Waals surface area contributed by atoms with Crippen LogP contribution in [0.4, 0.5) is 0 Å². The van der Waals surface area contributed by atoms with Gasteiger partial charge in [-0.3, -0.25) is 0 Å². The summed E-state index contributed by atoms with van der Waals surface area (Å²) in [4.78, 5) is 5.27. The zero-order valence-corrected chi connectivity index (χ0v) is 22.3. The first-order valence-electron chi connectivity index (χ1n) is 13.5. The number of hydrogen-bond donors (Lipinski definition) is 1. The highest BCUT2D eigenvalue weighted by Crippen LogP contribution is 2.71. The summed E-state index contributed by atoms with van der Waals surface area (Å²) in [7, 11) is 1.62. The average molecular weight is 504 g/mol. The van der Waals surface area contributed by atoms with E-state index in [1.165, 1.54) is 21.7 Å². The van der Waals surface area contributed by atoms with E-state index in [9.17, 15) is 5.11 Å². The van der Waals surface area contributed by atoms with Crippen LogP contribution in [0.5, 0.6) is 5.75 Å². The number of aliphatic imine (C=N–C) groups is 1. The van der Waals surface area contributed by atoms with Gasteiger partial charge in [0.15, 0.2) is 5.54 Å². The van der Waals surface area contributed by atoms with Crippen LogP contribution >= 0.6 is 0 Å². The summed E-state index contributed by atoms with van der Waals surface area (Å²) >= 11 is 0. The largest absolute Gasteiger partial charge is 0.447 e. The lowest BCUT2D eigenvalue weighted by Crippen LogP contribution is -2.53. The van der Waals surface area contributed by atoms with Gasteiger partial charge >= 0.3 is 5.84 Å². The zero-order chi connectivity index (χ0) is 26.2. The standard InChI is InChI=1S/C33H31N2O3/c1-18(2)29-34-30-27(26-22-13-9-8-10-19(22)14-15-25(26)38-30)28-23-16-20-11-6-7-12-21(20)17-24(23)31(3)32(4,35(28)29)33(31,36)37-5/h6-18,27,30,36H,1-5H3/q+1. The van der Waals surface area contributed by atoms with E-state index in [0.717, 1.165) is 33.8 Å². The molecular formula is C33H31N2O3+. The van der Waals surface area contributed by atoms with Crippen molar-refractivity contribution < 1.29 is 19.2 Å². The summed E-state index contributed by atoms with van der Waals surface area (Å²) < 4.78 is 15.0. The first-order chi connectivity index (χ1) is 18.3. The Hall–Kier alpha value is -3.54. The second-order valence-corrected chi connectivity index (χ2v) is 11.8. The number of aliphatic hydroxyl groups is 1. The van der Waals surface area contributed by atoms with Gasteiger partial charge in [-0.2, -0.15) is 0 Å². The lowest BCUT2D eigenvalue weighted by Gasteiger charge is -2.35. The molecule has 1 aliphatic carbocycles. The molecule has 0 aromatic heterocycles. The Bertz CT molecular complexity index is 1790. The number of amidine groups is 1. The van der Waals surface area contributed by atoms with Crippen LogP contribution < -0.4 is 4.74 Å². The molecule has 8 rings (SSSR count). The summed E-state index contributed by atoms with van der Waals surface area (Å²) in [6.07, 6.45) is -0.360. The molecule has 1 N–H and O–H groups in total. The molecule has 5 nitrogen and oxygen atoms in total. The van der Waals surface area contributed by atoms with E-state index in [2.05, 4.69) is 105 Å². The van der Waals surface area contributed by atoms with Crippen LogP contribution in [0.2, 0.25) is 0 Å². The summed E-state index contributed by atoms with van der Waals surface area (Å²) in [5, 5.41) is 16.9. The minimum Gasteiger partial charge on any atom is -0.447 e. The first-order valence-corrected chi connectivity index (χ1v) is 13.5. The fraction of sp³-hybridized carbons (Fsp3) is 0.333. The highest BCUT2D eigenvalue weighted by Gasteiger charge is 2.92. The third kappa shape index (κ3) is 2.25. The maximum Gasteiger partial charge on any atom is 0.300 e. The average Bonchev–Trinajstić information content (AvgIpc) is 3.17. The molecular weight excluding hydrogens is 472 g/mol. The van der Waals surface area contributed by atoms with Crippen molar-refractivity contribution in [1.82, 2.24) is 0 Å². The van der Waals surface area contributed by atoms with Crippen LogP contribution in [0.1, 0.15) is 50.3 Å². The van der Waals surface area contributed by atoms with Crippen LogP contribution in [-0.4, -0.2) is 45.9 Å². The van der Waals surface area contributed by atoms with Crippen molar-refractivity contribution in [2.75, 3.05) is 7.11 Å². The number of rotatable bonds is 2. The minimum absolute atomic E-state index is 0.110. The van der Waals surface area contributed by atoms with E-state index in [4.69, 9.17) is 14.5 Å². The fourth-order valence-corrected chi connectivity index (χ4v) is 7.94. The van der Waals surface area contributed by atoms with Gasteiger partial charge in [-0.1, -0.05) is 68.4 Å². The van der Waals surface area contributed by atoms with E-state index < -0.39 is 16.7 Å². The van der Waals surface area contributed by atoms with Crippen molar-refractivity contribution in [3.05, 3.63) is 89.5 Å². The predicted octanol–water partition coefficient (Wildman–Crippen LogP) is 5.74. The Kier molecular flexibility index (Phi) is 4.08. The van der Waals surface area contributed by atoms with E-state index in [0.29, 0.717) is 0 Å². The summed E-state index contributed by atoms with van der Waals surface area (Å²) in [5.41, 5.74) is 3.20. The maximum absolute atomic E-state index is 12.2. The van der Waals surface area contributed by atoms with Crippen LogP contribution in [0, 0.1) is 5.92 Å². The molecule has 5 heteroatoms. The third-order valence-electron chi connectivity index (χ3n) is 10.0. The van der Waals surface area contributed by atoms with E-state index in [1.54, 1.807) is 7.11 Å². The molecule has 0 saturated heterocycles. The van der Waals surface area contributed by atoms with Gasteiger partial charge in [0.1, 0.15) is 22.8 Å². The Labute approximate surface area is 222 Å². The minimum atomic E-state index is -1.39. The van der Waals surface area contributed by atoms with Gasteiger partial charge in [0, 0.05) is 18.2 Å². The van der Waals surface area contributed by atoms with Gasteiger partial charge in [0.05, 0.1) is 5.92 Å². The summed E-state index contributed by atoms with van der Waals surface area (Å²) in [6, 6.07) is 25.8. The number of methoxy groups -OCH3 is 1. The molecule has 0 bridgehead atoms. The van der Waals surface area contributed by atoms with Crippen LogP contribution in [0.3, 0.4) is 0 Å².